The molecule has 1 unspecified atom stereocenters. The van der Waals surface area contributed by atoms with Crippen LogP contribution < -0.4 is 10.5 Å². The van der Waals surface area contributed by atoms with Gasteiger partial charge in [0.1, 0.15) is 12.7 Å². The maximum absolute atomic E-state index is 9.04. The molecule has 0 spiro atoms. The van der Waals surface area contributed by atoms with Crippen molar-refractivity contribution in [3.05, 3.63) is 24.4 Å². The molecule has 0 aliphatic rings. The Morgan fingerprint density at radius 1 is 1.58 bits per heavy atom. The average Bonchev–Trinajstić information content (AvgIpc) is 2.16. The summed E-state index contributed by atoms with van der Waals surface area (Å²) in [6.07, 6.45) is 1.01. The van der Waals surface area contributed by atoms with Gasteiger partial charge in [0.05, 0.1) is 0 Å². The Kier molecular flexibility index (Phi) is 3.50. The summed E-state index contributed by atoms with van der Waals surface area (Å²) in [5.41, 5.74) is 5.19. The predicted octanol–water partition coefficient (Wildman–Crippen LogP) is -0.220. The number of ether oxygens (including phenoxy) is 1. The van der Waals surface area contributed by atoms with Crippen molar-refractivity contribution in [1.29, 1.82) is 0 Å². The monoisotopic (exact) mass is 168 g/mol. The summed E-state index contributed by atoms with van der Waals surface area (Å²) < 4.78 is 5.12. The lowest BCUT2D eigenvalue weighted by atomic mass is 10.4. The molecular weight excluding hydrogens is 156 g/mol. The SMILES string of the molecule is NCC(O)COc1ccccn1. The number of pyridine rings is 1. The minimum Gasteiger partial charge on any atom is -0.475 e. The molecular formula is C8H12N2O2. The van der Waals surface area contributed by atoms with Gasteiger partial charge in [-0.2, -0.15) is 0 Å². The number of aromatic nitrogens is 1. The van der Waals surface area contributed by atoms with Gasteiger partial charge < -0.3 is 15.6 Å². The normalized spacial score (nSPS) is 12.5. The highest BCUT2D eigenvalue weighted by Gasteiger charge is 2.01. The number of nitrogens with two attached hydrogens (primary N) is 1. The van der Waals surface area contributed by atoms with E-state index in [2.05, 4.69) is 4.98 Å². The maximum Gasteiger partial charge on any atom is 0.213 e. The quantitative estimate of drug-likeness (QED) is 0.652. The molecule has 4 nitrogen and oxygen atoms in total. The van der Waals surface area contributed by atoms with Gasteiger partial charge in [0, 0.05) is 18.8 Å². The second-order valence-corrected chi connectivity index (χ2v) is 2.37. The van der Waals surface area contributed by atoms with E-state index in [1.54, 1.807) is 18.3 Å². The Balaban J connectivity index is 2.33. The van der Waals surface area contributed by atoms with Crippen LogP contribution in [0.15, 0.2) is 24.4 Å². The van der Waals surface area contributed by atoms with Crippen LogP contribution in [-0.4, -0.2) is 29.3 Å². The largest absolute Gasteiger partial charge is 0.475 e. The molecule has 12 heavy (non-hydrogen) atoms. The van der Waals surface area contributed by atoms with Gasteiger partial charge in [0.25, 0.3) is 0 Å². The van der Waals surface area contributed by atoms with E-state index < -0.39 is 6.10 Å². The molecule has 1 atom stereocenters. The van der Waals surface area contributed by atoms with E-state index in [-0.39, 0.29) is 13.2 Å². The zero-order chi connectivity index (χ0) is 8.81. The van der Waals surface area contributed by atoms with Crippen molar-refractivity contribution in [3.63, 3.8) is 0 Å². The Hall–Kier alpha value is -1.13. The molecule has 1 rings (SSSR count). The summed E-state index contributed by atoms with van der Waals surface area (Å²) in [5, 5.41) is 9.04. The van der Waals surface area contributed by atoms with Gasteiger partial charge in [-0.1, -0.05) is 6.07 Å². The van der Waals surface area contributed by atoms with Crippen LogP contribution in [0.5, 0.6) is 5.88 Å². The lowest BCUT2D eigenvalue weighted by molar-refractivity contribution is 0.111. The summed E-state index contributed by atoms with van der Waals surface area (Å²) in [4.78, 5) is 3.91. The van der Waals surface area contributed by atoms with E-state index in [0.29, 0.717) is 5.88 Å². The molecule has 0 aliphatic heterocycles. The molecule has 0 amide bonds. The fraction of sp³-hybridized carbons (Fsp3) is 0.375. The van der Waals surface area contributed by atoms with Crippen LogP contribution in [0.2, 0.25) is 0 Å². The second-order valence-electron chi connectivity index (χ2n) is 2.37. The first-order valence-electron chi connectivity index (χ1n) is 3.75. The number of aliphatic hydroxyl groups is 1. The standard InChI is InChI=1S/C8H12N2O2/c9-5-7(11)6-12-8-3-1-2-4-10-8/h1-4,7,11H,5-6,9H2. The number of hydrogen-bond acceptors (Lipinski definition) is 4. The molecule has 0 aliphatic carbocycles. The fourth-order valence-electron chi connectivity index (χ4n) is 0.682. The van der Waals surface area contributed by atoms with E-state index in [0.717, 1.165) is 0 Å². The third-order valence-electron chi connectivity index (χ3n) is 1.33. The maximum atomic E-state index is 9.04. The van der Waals surface area contributed by atoms with Crippen molar-refractivity contribution in [3.8, 4) is 5.88 Å². The molecule has 1 heterocycles. The molecule has 3 N–H and O–H groups in total. The van der Waals surface area contributed by atoms with Gasteiger partial charge in [0.15, 0.2) is 0 Å². The highest BCUT2D eigenvalue weighted by atomic mass is 16.5. The third-order valence-corrected chi connectivity index (χ3v) is 1.33. The second kappa shape index (κ2) is 4.69. The summed E-state index contributed by atoms with van der Waals surface area (Å²) >= 11 is 0. The lowest BCUT2D eigenvalue weighted by Gasteiger charge is -2.08. The third kappa shape index (κ3) is 2.86. The highest BCUT2D eigenvalue weighted by molar-refractivity contribution is 5.09. The molecule has 1 aromatic rings. The minimum atomic E-state index is -0.619. The zero-order valence-electron chi connectivity index (χ0n) is 6.68. The average molecular weight is 168 g/mol. The number of aliphatic hydroxyl groups excluding tert-OH is 1. The van der Waals surface area contributed by atoms with Crippen LogP contribution in [0.3, 0.4) is 0 Å². The van der Waals surface area contributed by atoms with Crippen molar-refractivity contribution in [2.24, 2.45) is 5.73 Å². The van der Waals surface area contributed by atoms with E-state index in [4.69, 9.17) is 15.6 Å². The van der Waals surface area contributed by atoms with Crippen molar-refractivity contribution in [1.82, 2.24) is 4.98 Å². The molecule has 0 bridgehead atoms. The summed E-state index contributed by atoms with van der Waals surface area (Å²) in [7, 11) is 0. The predicted molar refractivity (Wildman–Crippen MR) is 44.8 cm³/mol. The van der Waals surface area contributed by atoms with Crippen LogP contribution in [-0.2, 0) is 0 Å². The van der Waals surface area contributed by atoms with Gasteiger partial charge >= 0.3 is 0 Å². The van der Waals surface area contributed by atoms with Crippen molar-refractivity contribution in [2.45, 2.75) is 6.10 Å². The molecule has 0 aromatic carbocycles. The molecule has 0 saturated heterocycles. The Morgan fingerprint density at radius 2 is 2.42 bits per heavy atom. The van der Waals surface area contributed by atoms with Gasteiger partial charge in [-0.15, -0.1) is 0 Å². The van der Waals surface area contributed by atoms with E-state index in [1.807, 2.05) is 6.07 Å². The van der Waals surface area contributed by atoms with Crippen molar-refractivity contribution in [2.75, 3.05) is 13.2 Å². The van der Waals surface area contributed by atoms with Crippen LogP contribution in [0, 0.1) is 0 Å². The van der Waals surface area contributed by atoms with Gasteiger partial charge in [-0.25, -0.2) is 4.98 Å². The first kappa shape index (κ1) is 8.96. The first-order valence-corrected chi connectivity index (χ1v) is 3.75. The van der Waals surface area contributed by atoms with E-state index >= 15 is 0 Å². The molecule has 0 fully saturated rings. The first-order chi connectivity index (χ1) is 5.83. The highest BCUT2D eigenvalue weighted by Crippen LogP contribution is 2.02. The smallest absolute Gasteiger partial charge is 0.213 e. The zero-order valence-corrected chi connectivity index (χ0v) is 6.68. The van der Waals surface area contributed by atoms with Gasteiger partial charge in [0.2, 0.25) is 5.88 Å². The fourth-order valence-corrected chi connectivity index (χ4v) is 0.682. The summed E-state index contributed by atoms with van der Waals surface area (Å²) in [5.74, 6) is 0.505. The topological polar surface area (TPSA) is 68.4 Å². The van der Waals surface area contributed by atoms with Crippen LogP contribution in [0.4, 0.5) is 0 Å². The van der Waals surface area contributed by atoms with Crippen molar-refractivity contribution >= 4 is 0 Å². The van der Waals surface area contributed by atoms with E-state index in [1.165, 1.54) is 0 Å². The van der Waals surface area contributed by atoms with Crippen LogP contribution in [0.25, 0.3) is 0 Å². The lowest BCUT2D eigenvalue weighted by Crippen LogP contribution is -2.26. The molecule has 0 radical (unpaired) electrons. The minimum absolute atomic E-state index is 0.188. The molecule has 0 saturated carbocycles. The molecule has 4 heteroatoms. The summed E-state index contributed by atoms with van der Waals surface area (Å²) in [6.45, 7) is 0.389. The molecule has 66 valence electrons. The number of rotatable bonds is 4. The van der Waals surface area contributed by atoms with Crippen LogP contribution in [0.1, 0.15) is 0 Å². The Morgan fingerprint density at radius 3 is 3.00 bits per heavy atom. The number of hydrogen-bond donors (Lipinski definition) is 2. The Labute approximate surface area is 71.0 Å². The number of nitrogens with zero attached hydrogens (tertiary/aromatic N) is 1. The van der Waals surface area contributed by atoms with Gasteiger partial charge in [-0.05, 0) is 6.07 Å². The Bertz CT molecular complexity index is 216. The van der Waals surface area contributed by atoms with Crippen LogP contribution >= 0.6 is 0 Å². The van der Waals surface area contributed by atoms with Gasteiger partial charge in [-0.3, -0.25) is 0 Å². The van der Waals surface area contributed by atoms with Crippen molar-refractivity contribution < 1.29 is 9.84 Å². The van der Waals surface area contributed by atoms with E-state index in [9.17, 15) is 0 Å². The summed E-state index contributed by atoms with van der Waals surface area (Å²) in [6, 6.07) is 5.34. The molecule has 1 aromatic heterocycles.